The van der Waals surface area contributed by atoms with Gasteiger partial charge in [0.2, 0.25) is 11.9 Å². The lowest BCUT2D eigenvalue weighted by atomic mass is 9.99. The highest BCUT2D eigenvalue weighted by atomic mass is 79.9. The second-order valence-electron chi connectivity index (χ2n) is 17.8. The van der Waals surface area contributed by atoms with Crippen molar-refractivity contribution in [2.24, 2.45) is 0 Å². The van der Waals surface area contributed by atoms with Gasteiger partial charge in [0.15, 0.2) is 11.5 Å². The van der Waals surface area contributed by atoms with Gasteiger partial charge < -0.3 is 46.3 Å². The van der Waals surface area contributed by atoms with Crippen molar-refractivity contribution in [1.29, 1.82) is 0 Å². The van der Waals surface area contributed by atoms with Gasteiger partial charge in [0.1, 0.15) is 51.1 Å². The van der Waals surface area contributed by atoms with Crippen LogP contribution >= 0.6 is 31.9 Å². The van der Waals surface area contributed by atoms with E-state index in [2.05, 4.69) is 137 Å². The summed E-state index contributed by atoms with van der Waals surface area (Å²) in [4.78, 5) is 42.4. The van der Waals surface area contributed by atoms with E-state index in [1.807, 2.05) is 31.3 Å². The third-order valence-electron chi connectivity index (χ3n) is 13.4. The zero-order valence-electron chi connectivity index (χ0n) is 40.3. The van der Waals surface area contributed by atoms with Crippen molar-refractivity contribution in [3.05, 3.63) is 95.5 Å². The topological polar surface area (TPSA) is 256 Å². The van der Waals surface area contributed by atoms with Crippen LogP contribution in [-0.4, -0.2) is 121 Å². The van der Waals surface area contributed by atoms with E-state index in [1.54, 1.807) is 27.5 Å². The van der Waals surface area contributed by atoms with Gasteiger partial charge in [0.25, 0.3) is 4.62 Å². The number of hydrogen-bond acceptors (Lipinski definition) is 18. The van der Waals surface area contributed by atoms with Crippen LogP contribution in [0.1, 0.15) is 24.8 Å². The van der Waals surface area contributed by atoms with E-state index in [-0.39, 0.29) is 12.1 Å². The smallest absolute Gasteiger partial charge is 0.254 e. The number of hydrogen-bond donors (Lipinski definition) is 7. The largest absolute Gasteiger partial charge is 0.497 e. The fourth-order valence-electron chi connectivity index (χ4n) is 9.74. The van der Waals surface area contributed by atoms with Crippen LogP contribution in [0.5, 0.6) is 11.5 Å². The number of anilines is 7. The molecule has 1 atom stereocenters. The van der Waals surface area contributed by atoms with Crippen LogP contribution in [0.15, 0.2) is 89.9 Å². The molecule has 2 aliphatic rings. The number of H-pyrrole nitrogens is 1. The third-order valence-corrected chi connectivity index (χ3v) is 14.4. The Balaban J connectivity index is 0.902. The highest BCUT2D eigenvalue weighted by Crippen LogP contribution is 2.39. The number of nitrogen functional groups attached to an aromatic ring is 1. The molecule has 4 aromatic carbocycles. The van der Waals surface area contributed by atoms with Crippen LogP contribution in [-0.2, 0) is 0 Å². The Bertz CT molecular complexity index is 3590. The molecular weight excluding hydrogens is 1060 g/mol. The molecule has 9 N–H and O–H groups in total. The summed E-state index contributed by atoms with van der Waals surface area (Å²) in [6, 6.07) is 24.9. The van der Waals surface area contributed by atoms with Gasteiger partial charge in [-0.25, -0.2) is 45.3 Å². The number of piperidine rings is 1. The van der Waals surface area contributed by atoms with Crippen LogP contribution in [0.4, 0.5) is 40.7 Å². The summed E-state index contributed by atoms with van der Waals surface area (Å²) in [5.41, 5.74) is 13.2. The molecule has 20 nitrogen and oxygen atoms in total. The van der Waals surface area contributed by atoms with E-state index in [0.29, 0.717) is 67.7 Å². The number of aromatic nitrogens is 10. The summed E-state index contributed by atoms with van der Waals surface area (Å²) in [6.07, 6.45) is 5.76. The molecule has 370 valence electrons. The maximum absolute atomic E-state index is 6.21. The predicted octanol–water partition coefficient (Wildman–Crippen LogP) is 7.15. The van der Waals surface area contributed by atoms with Gasteiger partial charge >= 0.3 is 0 Å². The molecule has 7 heterocycles. The SMILES string of the molecule is CNc1nccc(-c2cc(NC3CCN(c4nc(-c5cc(-c6cc(NC7CCN(c8ncnc(N)c8C(=[NH2+])Br)CC7)c7cc(OC)ccc7c6)nc(NC)n5)nc5n[nH]c(Br)c45)C3)c3cc(OC)ccc3c2)n1. The maximum Gasteiger partial charge on any atom is 0.254 e. The number of benzene rings is 4. The molecule has 0 saturated carbocycles. The van der Waals surface area contributed by atoms with Crippen molar-refractivity contribution >= 4 is 110 Å². The first-order valence-electron chi connectivity index (χ1n) is 23.7. The number of rotatable bonds is 14. The minimum absolute atomic E-state index is 0.0646. The zero-order chi connectivity index (χ0) is 50.3. The van der Waals surface area contributed by atoms with Crippen LogP contribution in [0.2, 0.25) is 0 Å². The molecular formula is C51H51Br2N18O2+. The van der Waals surface area contributed by atoms with Gasteiger partial charge in [0.05, 0.1) is 31.0 Å². The van der Waals surface area contributed by atoms with Crippen LogP contribution in [0.3, 0.4) is 0 Å². The van der Waals surface area contributed by atoms with Crippen molar-refractivity contribution in [1.82, 2.24) is 50.1 Å². The minimum atomic E-state index is 0.0646. The molecule has 2 saturated heterocycles. The molecule has 0 amide bonds. The molecule has 5 aromatic heterocycles. The second-order valence-corrected chi connectivity index (χ2v) is 19.5. The number of nitrogens with zero attached hydrogens (tertiary/aromatic N) is 11. The number of fused-ring (bicyclic) bond motifs is 3. The molecule has 0 bridgehead atoms. The standard InChI is InChI=1S/C51H50Br2N18O2/c1-56-50-58-13-9-36(63-50)28-17-26-5-7-33(73-4)22-35(26)39(19-28)62-31-12-16-71(24-31)49-42-44(53)68-69-47(42)66-46(67-49)40-23-37(64-51(57-2)65-40)29-18-27-6-8-32(72-3)21-34(27)38(20-29)61-30-10-14-70(15-11-30)48-41(43(52)54)45(55)59-25-60-48/h5-9,13,17-23,25,30-31,54,61-62H,10-12,14-16,24H2,1-4H3,(H2,55,59,60)(H,56,58,63)(H,57,64,65)(H,66,67,68,69)/p+1. The monoisotopic (exact) mass is 1110 g/mol. The Morgan fingerprint density at radius 2 is 1.33 bits per heavy atom. The van der Waals surface area contributed by atoms with Crippen molar-refractivity contribution in [2.75, 3.05) is 91.3 Å². The van der Waals surface area contributed by atoms with Crippen LogP contribution in [0, 0.1) is 0 Å². The zero-order valence-corrected chi connectivity index (χ0v) is 43.5. The molecule has 73 heavy (non-hydrogen) atoms. The Hall–Kier alpha value is -7.98. The number of nitrogens with one attached hydrogen (secondary N) is 5. The fraction of sp³-hybridized carbons (Fsp3) is 0.255. The minimum Gasteiger partial charge on any atom is -0.497 e. The van der Waals surface area contributed by atoms with Crippen LogP contribution < -0.4 is 51.7 Å². The van der Waals surface area contributed by atoms with Gasteiger partial charge in [-0.3, -0.25) is 5.10 Å². The molecule has 0 spiro atoms. The Morgan fingerprint density at radius 3 is 2.00 bits per heavy atom. The average molecular weight is 1110 g/mol. The lowest BCUT2D eigenvalue weighted by Gasteiger charge is -2.34. The number of methoxy groups -OCH3 is 2. The summed E-state index contributed by atoms with van der Waals surface area (Å²) in [6.45, 7) is 2.86. The highest BCUT2D eigenvalue weighted by molar-refractivity contribution is 9.18. The lowest BCUT2D eigenvalue weighted by Crippen LogP contribution is -2.42. The first kappa shape index (κ1) is 47.4. The second kappa shape index (κ2) is 19.9. The molecule has 2 fully saturated rings. The maximum atomic E-state index is 6.21. The Kier molecular flexibility index (Phi) is 12.9. The number of nitrogens with two attached hydrogens (primary N) is 2. The molecule has 22 heteroatoms. The van der Waals surface area contributed by atoms with Crippen molar-refractivity contribution < 1.29 is 14.9 Å². The van der Waals surface area contributed by atoms with Gasteiger partial charge in [-0.2, -0.15) is 5.10 Å². The fourth-order valence-corrected chi connectivity index (χ4v) is 10.6. The van der Waals surface area contributed by atoms with Crippen molar-refractivity contribution in [3.8, 4) is 45.5 Å². The summed E-state index contributed by atoms with van der Waals surface area (Å²) in [5.74, 6) is 4.71. The summed E-state index contributed by atoms with van der Waals surface area (Å²) in [5, 5.41) is 32.8. The van der Waals surface area contributed by atoms with Gasteiger partial charge in [-0.1, -0.05) is 12.1 Å². The third kappa shape index (κ3) is 9.38. The summed E-state index contributed by atoms with van der Waals surface area (Å²) >= 11 is 7.12. The Labute approximate surface area is 436 Å². The Morgan fingerprint density at radius 1 is 0.699 bits per heavy atom. The van der Waals surface area contributed by atoms with Crippen molar-refractivity contribution in [2.45, 2.75) is 31.3 Å². The average Bonchev–Trinajstić information content (AvgIpc) is 4.06. The summed E-state index contributed by atoms with van der Waals surface area (Å²) < 4.78 is 12.5. The predicted molar refractivity (Wildman–Crippen MR) is 295 cm³/mol. The van der Waals surface area contributed by atoms with Gasteiger partial charge in [-0.15, -0.1) is 0 Å². The van der Waals surface area contributed by atoms with Crippen molar-refractivity contribution in [3.63, 3.8) is 0 Å². The molecule has 1 unspecified atom stereocenters. The normalized spacial score (nSPS) is 15.0. The molecule has 0 aliphatic carbocycles. The molecule has 9 aromatic rings. The van der Waals surface area contributed by atoms with Gasteiger partial charge in [-0.05, 0) is 107 Å². The molecule has 11 rings (SSSR count). The van der Waals surface area contributed by atoms with E-state index in [4.69, 9.17) is 45.5 Å². The van der Waals surface area contributed by atoms with E-state index < -0.39 is 0 Å². The first-order chi connectivity index (χ1) is 35.6. The lowest BCUT2D eigenvalue weighted by molar-refractivity contribution is -0.106. The number of ether oxygens (including phenoxy) is 2. The van der Waals surface area contributed by atoms with Crippen LogP contribution in [0.25, 0.3) is 66.6 Å². The highest BCUT2D eigenvalue weighted by Gasteiger charge is 2.30. The van der Waals surface area contributed by atoms with E-state index in [9.17, 15) is 0 Å². The molecule has 2 aliphatic heterocycles. The first-order valence-corrected chi connectivity index (χ1v) is 25.3. The number of aromatic amines is 1. The van der Waals surface area contributed by atoms with E-state index in [1.165, 1.54) is 6.33 Å². The summed E-state index contributed by atoms with van der Waals surface area (Å²) in [7, 11) is 6.98. The van der Waals surface area contributed by atoms with Gasteiger partial charge in [0, 0.05) is 108 Å². The van der Waals surface area contributed by atoms with E-state index >= 15 is 0 Å². The van der Waals surface area contributed by atoms with E-state index in [0.717, 1.165) is 111 Å². The number of halogens is 2. The molecule has 0 radical (unpaired) electrons. The quantitative estimate of drug-likeness (QED) is 0.0534.